The van der Waals surface area contributed by atoms with Gasteiger partial charge in [-0.25, -0.2) is 0 Å². The van der Waals surface area contributed by atoms with Crippen LogP contribution < -0.4 is 5.32 Å². The Morgan fingerprint density at radius 3 is 2.60 bits per heavy atom. The third-order valence-corrected chi connectivity index (χ3v) is 7.42. The second-order valence-corrected chi connectivity index (χ2v) is 10.1. The van der Waals surface area contributed by atoms with Crippen molar-refractivity contribution in [3.63, 3.8) is 0 Å². The molecule has 162 valence electrons. The Labute approximate surface area is 202 Å². The highest BCUT2D eigenvalue weighted by Gasteiger charge is 2.25. The highest BCUT2D eigenvalue weighted by Crippen LogP contribution is 2.28. The third kappa shape index (κ3) is 6.94. The molecule has 8 heteroatoms. The number of hydrogen-bond donors (Lipinski definition) is 1. The zero-order chi connectivity index (χ0) is 21.5. The van der Waals surface area contributed by atoms with Crippen molar-refractivity contribution >= 4 is 64.1 Å². The topological polar surface area (TPSA) is 32.3 Å². The van der Waals surface area contributed by atoms with E-state index < -0.39 is 0 Å². The molecule has 3 rings (SSSR count). The summed E-state index contributed by atoms with van der Waals surface area (Å²) in [5.74, 6) is 1.67. The third-order valence-electron chi connectivity index (χ3n) is 5.14. The second-order valence-electron chi connectivity index (χ2n) is 7.35. The lowest BCUT2D eigenvalue weighted by Crippen LogP contribution is -2.43. The number of carbonyl (C=O) groups excluding carboxylic acids is 1. The van der Waals surface area contributed by atoms with Crippen LogP contribution in [0.5, 0.6) is 0 Å². The fraction of sp³-hybridized carbons (Fsp3) is 0.409. The fourth-order valence-electron chi connectivity index (χ4n) is 3.54. The molecule has 0 aliphatic carbocycles. The van der Waals surface area contributed by atoms with Crippen molar-refractivity contribution in [1.29, 1.82) is 0 Å². The zero-order valence-corrected chi connectivity index (χ0v) is 20.3. The molecule has 2 aromatic carbocycles. The van der Waals surface area contributed by atoms with Crippen LogP contribution >= 0.6 is 58.2 Å². The van der Waals surface area contributed by atoms with Crippen LogP contribution in [-0.4, -0.2) is 36.2 Å². The summed E-state index contributed by atoms with van der Waals surface area (Å²) in [7, 11) is 0. The number of halogens is 4. The van der Waals surface area contributed by atoms with Crippen LogP contribution in [0.4, 0.5) is 0 Å². The molecule has 0 bridgehead atoms. The molecular weight excluding hydrogens is 482 g/mol. The van der Waals surface area contributed by atoms with Gasteiger partial charge in [0, 0.05) is 51.2 Å². The quantitative estimate of drug-likeness (QED) is 0.412. The molecule has 1 atom stereocenters. The predicted octanol–water partition coefficient (Wildman–Crippen LogP) is 6.56. The van der Waals surface area contributed by atoms with Gasteiger partial charge in [-0.1, -0.05) is 58.5 Å². The predicted molar refractivity (Wildman–Crippen MR) is 130 cm³/mol. The molecular formula is C22H24Cl4N2OS. The Kier molecular flexibility index (Phi) is 9.49. The Morgan fingerprint density at radius 2 is 1.87 bits per heavy atom. The van der Waals surface area contributed by atoms with Crippen LogP contribution in [0, 0.1) is 5.92 Å². The van der Waals surface area contributed by atoms with Gasteiger partial charge in [-0.05, 0) is 54.8 Å². The highest BCUT2D eigenvalue weighted by atomic mass is 35.5. The molecule has 0 aromatic heterocycles. The van der Waals surface area contributed by atoms with Crippen LogP contribution in [0.2, 0.25) is 20.1 Å². The molecule has 1 N–H and O–H groups in total. The molecule has 1 amide bonds. The van der Waals surface area contributed by atoms with Gasteiger partial charge in [0.25, 0.3) is 0 Å². The first-order valence-corrected chi connectivity index (χ1v) is 12.6. The van der Waals surface area contributed by atoms with Crippen LogP contribution in [0.3, 0.4) is 0 Å². The summed E-state index contributed by atoms with van der Waals surface area (Å²) < 4.78 is 0. The number of likely N-dealkylation sites (tertiary alicyclic amines) is 1. The number of carbonyl (C=O) groups is 1. The van der Waals surface area contributed by atoms with Crippen molar-refractivity contribution in [2.24, 2.45) is 5.92 Å². The van der Waals surface area contributed by atoms with E-state index in [1.807, 2.05) is 30.3 Å². The summed E-state index contributed by atoms with van der Waals surface area (Å²) in [6, 6.07) is 11.1. The average molecular weight is 506 g/mol. The maximum absolute atomic E-state index is 12.6. The molecule has 1 fully saturated rings. The van der Waals surface area contributed by atoms with E-state index in [1.165, 1.54) is 0 Å². The lowest BCUT2D eigenvalue weighted by molar-refractivity contribution is -0.126. The van der Waals surface area contributed by atoms with Gasteiger partial charge in [0.15, 0.2) is 0 Å². The Hall–Kier alpha value is -0.620. The number of nitrogens with zero attached hydrogens (tertiary/aromatic N) is 1. The first-order valence-electron chi connectivity index (χ1n) is 9.88. The van der Waals surface area contributed by atoms with Gasteiger partial charge in [-0.2, -0.15) is 11.8 Å². The molecule has 1 heterocycles. The van der Waals surface area contributed by atoms with Crippen LogP contribution in [0.25, 0.3) is 0 Å². The highest BCUT2D eigenvalue weighted by molar-refractivity contribution is 7.98. The second kappa shape index (κ2) is 11.8. The normalized spacial score (nSPS) is 17.1. The van der Waals surface area contributed by atoms with Crippen molar-refractivity contribution in [2.75, 3.05) is 25.4 Å². The Bertz CT molecular complexity index is 860. The molecule has 3 nitrogen and oxygen atoms in total. The van der Waals surface area contributed by atoms with Crippen LogP contribution in [0.1, 0.15) is 24.0 Å². The van der Waals surface area contributed by atoms with E-state index in [1.54, 1.807) is 17.8 Å². The van der Waals surface area contributed by atoms with E-state index in [-0.39, 0.29) is 11.8 Å². The first kappa shape index (κ1) is 24.0. The number of benzene rings is 2. The number of rotatable bonds is 8. The fourth-order valence-corrected chi connectivity index (χ4v) is 5.60. The molecule has 0 saturated carbocycles. The van der Waals surface area contributed by atoms with Gasteiger partial charge < -0.3 is 5.32 Å². The van der Waals surface area contributed by atoms with E-state index in [4.69, 9.17) is 46.4 Å². The van der Waals surface area contributed by atoms with Gasteiger partial charge in [0.1, 0.15) is 0 Å². The molecule has 1 unspecified atom stereocenters. The maximum atomic E-state index is 12.6. The maximum Gasteiger partial charge on any atom is 0.224 e. The van der Waals surface area contributed by atoms with Crippen molar-refractivity contribution in [1.82, 2.24) is 10.2 Å². The molecule has 1 saturated heterocycles. The summed E-state index contributed by atoms with van der Waals surface area (Å²) in [4.78, 5) is 14.9. The van der Waals surface area contributed by atoms with Crippen LogP contribution in [0.15, 0.2) is 36.4 Å². The minimum Gasteiger partial charge on any atom is -0.355 e. The summed E-state index contributed by atoms with van der Waals surface area (Å²) in [6.45, 7) is 3.07. The van der Waals surface area contributed by atoms with E-state index in [9.17, 15) is 4.79 Å². The number of piperidine rings is 1. The van der Waals surface area contributed by atoms with E-state index >= 15 is 0 Å². The zero-order valence-electron chi connectivity index (χ0n) is 16.5. The molecule has 1 aliphatic rings. The Morgan fingerprint density at radius 1 is 1.10 bits per heavy atom. The SMILES string of the molecule is O=C(NCCSCc1c(Cl)cccc1Cl)C1CCCN(Cc2ccc(Cl)cc2Cl)C1. The van der Waals surface area contributed by atoms with Gasteiger partial charge in [-0.3, -0.25) is 9.69 Å². The largest absolute Gasteiger partial charge is 0.355 e. The van der Waals surface area contributed by atoms with Gasteiger partial charge in [0.05, 0.1) is 5.92 Å². The number of amides is 1. The molecule has 2 aromatic rings. The smallest absolute Gasteiger partial charge is 0.224 e. The number of thioether (sulfide) groups is 1. The minimum absolute atomic E-state index is 0.00726. The van der Waals surface area contributed by atoms with Crippen molar-refractivity contribution in [2.45, 2.75) is 25.1 Å². The lowest BCUT2D eigenvalue weighted by Gasteiger charge is -2.32. The van der Waals surface area contributed by atoms with Crippen LogP contribution in [-0.2, 0) is 17.1 Å². The molecule has 0 spiro atoms. The summed E-state index contributed by atoms with van der Waals surface area (Å²) in [5, 5.41) is 5.74. The summed E-state index contributed by atoms with van der Waals surface area (Å²) in [6.07, 6.45) is 1.92. The van der Waals surface area contributed by atoms with E-state index in [2.05, 4.69) is 10.2 Å². The van der Waals surface area contributed by atoms with Gasteiger partial charge in [0.2, 0.25) is 5.91 Å². The monoisotopic (exact) mass is 504 g/mol. The molecule has 1 aliphatic heterocycles. The van der Waals surface area contributed by atoms with Gasteiger partial charge >= 0.3 is 0 Å². The van der Waals surface area contributed by atoms with Crippen molar-refractivity contribution in [3.8, 4) is 0 Å². The number of nitrogens with one attached hydrogen (secondary N) is 1. The van der Waals surface area contributed by atoms with Crippen molar-refractivity contribution in [3.05, 3.63) is 67.6 Å². The Balaban J connectivity index is 1.40. The average Bonchev–Trinajstić information content (AvgIpc) is 2.72. The van der Waals surface area contributed by atoms with Gasteiger partial charge in [-0.15, -0.1) is 0 Å². The molecule has 0 radical (unpaired) electrons. The van der Waals surface area contributed by atoms with Crippen molar-refractivity contribution < 1.29 is 4.79 Å². The van der Waals surface area contributed by atoms with E-state index in [0.29, 0.717) is 26.6 Å². The first-order chi connectivity index (χ1) is 14.4. The lowest BCUT2D eigenvalue weighted by atomic mass is 9.96. The number of hydrogen-bond acceptors (Lipinski definition) is 3. The molecule has 30 heavy (non-hydrogen) atoms. The summed E-state index contributed by atoms with van der Waals surface area (Å²) in [5.41, 5.74) is 1.98. The minimum atomic E-state index is 0.00726. The summed E-state index contributed by atoms with van der Waals surface area (Å²) >= 11 is 26.4. The standard InChI is InChI=1S/C22H24Cl4N2OS/c23-17-7-6-15(21(26)11-17)12-28-9-2-3-16(13-28)22(29)27-8-10-30-14-18-19(24)4-1-5-20(18)25/h1,4-7,11,16H,2-3,8-10,12-14H2,(H,27,29). The van der Waals surface area contributed by atoms with E-state index in [0.717, 1.165) is 55.1 Å².